The van der Waals surface area contributed by atoms with Crippen LogP contribution in [0.15, 0.2) is 24.3 Å². The molecular formula is C40H65NO3. The van der Waals surface area contributed by atoms with Crippen molar-refractivity contribution in [1.29, 1.82) is 0 Å². The Morgan fingerprint density at radius 3 is 1.11 bits per heavy atom. The number of benzene rings is 2. The summed E-state index contributed by atoms with van der Waals surface area (Å²) in [5.41, 5.74) is 5.40. The van der Waals surface area contributed by atoms with Crippen molar-refractivity contribution in [1.82, 2.24) is 4.90 Å². The monoisotopic (exact) mass is 607 g/mol. The first-order valence-corrected chi connectivity index (χ1v) is 16.8. The molecule has 248 valence electrons. The number of aromatic hydroxyl groups is 2. The minimum atomic E-state index is -0.181. The third-order valence-corrected chi connectivity index (χ3v) is 9.01. The van der Waals surface area contributed by atoms with E-state index in [1.54, 1.807) is 0 Å². The van der Waals surface area contributed by atoms with Crippen LogP contribution in [0.2, 0.25) is 0 Å². The third kappa shape index (κ3) is 9.03. The highest BCUT2D eigenvalue weighted by Gasteiger charge is 2.40. The summed E-state index contributed by atoms with van der Waals surface area (Å²) < 4.78 is 6.47. The normalized spacial score (nSPS) is 18.2. The van der Waals surface area contributed by atoms with Crippen molar-refractivity contribution in [3.05, 3.63) is 57.6 Å². The zero-order valence-corrected chi connectivity index (χ0v) is 31.2. The van der Waals surface area contributed by atoms with Crippen LogP contribution in [0.1, 0.15) is 157 Å². The van der Waals surface area contributed by atoms with Crippen LogP contribution < -0.4 is 0 Å². The van der Waals surface area contributed by atoms with Crippen molar-refractivity contribution < 1.29 is 14.9 Å². The molecule has 1 saturated heterocycles. The summed E-state index contributed by atoms with van der Waals surface area (Å²) in [6.45, 7) is 37.6. The van der Waals surface area contributed by atoms with Gasteiger partial charge in [-0.3, -0.25) is 4.90 Å². The van der Waals surface area contributed by atoms with Gasteiger partial charge >= 0.3 is 0 Å². The molecule has 1 aliphatic heterocycles. The molecule has 0 atom stereocenters. The molecule has 2 aromatic rings. The lowest BCUT2D eigenvalue weighted by atomic mass is 9.78. The van der Waals surface area contributed by atoms with E-state index < -0.39 is 0 Å². The first-order chi connectivity index (χ1) is 19.6. The second-order valence-corrected chi connectivity index (χ2v) is 19.1. The van der Waals surface area contributed by atoms with Crippen LogP contribution in [-0.4, -0.2) is 32.9 Å². The standard InChI is InChI=1S/C40H65NO3/c1-35(2,3)29-17-26(18-30(33(29)42)36(4,5)6)23-41(25-28-21-39(13,14)44-40(15,16)22-28)24-27-19-31(37(7,8)9)34(43)32(20-27)38(10,11)12/h17-20,28,42-43H,21-25H2,1-16H3. The maximum absolute atomic E-state index is 11.4. The van der Waals surface area contributed by atoms with Gasteiger partial charge in [0, 0.05) is 19.6 Å². The van der Waals surface area contributed by atoms with Crippen molar-refractivity contribution in [3.8, 4) is 11.5 Å². The molecule has 0 aromatic heterocycles. The molecule has 0 aliphatic carbocycles. The molecule has 0 saturated carbocycles. The molecule has 0 unspecified atom stereocenters. The highest BCUT2D eigenvalue weighted by atomic mass is 16.5. The molecule has 0 amide bonds. The molecular weight excluding hydrogens is 542 g/mol. The molecule has 1 aliphatic rings. The zero-order chi connectivity index (χ0) is 33.8. The third-order valence-electron chi connectivity index (χ3n) is 9.01. The Labute approximate surface area is 270 Å². The van der Waals surface area contributed by atoms with Crippen molar-refractivity contribution in [2.45, 2.75) is 170 Å². The molecule has 44 heavy (non-hydrogen) atoms. The largest absolute Gasteiger partial charge is 0.507 e. The van der Waals surface area contributed by atoms with Gasteiger partial charge in [-0.15, -0.1) is 0 Å². The van der Waals surface area contributed by atoms with Gasteiger partial charge in [-0.2, -0.15) is 0 Å². The smallest absolute Gasteiger partial charge is 0.123 e. The topological polar surface area (TPSA) is 52.9 Å². The van der Waals surface area contributed by atoms with Gasteiger partial charge in [0.1, 0.15) is 11.5 Å². The van der Waals surface area contributed by atoms with Crippen LogP contribution in [0.25, 0.3) is 0 Å². The van der Waals surface area contributed by atoms with Gasteiger partial charge < -0.3 is 14.9 Å². The Bertz CT molecular complexity index is 1150. The molecule has 4 heteroatoms. The summed E-state index contributed by atoms with van der Waals surface area (Å²) in [6, 6.07) is 8.92. The van der Waals surface area contributed by atoms with Crippen molar-refractivity contribution in [2.24, 2.45) is 5.92 Å². The predicted octanol–water partition coefficient (Wildman–Crippen LogP) is 10.3. The molecule has 1 fully saturated rings. The predicted molar refractivity (Wildman–Crippen MR) is 187 cm³/mol. The Morgan fingerprint density at radius 2 is 0.864 bits per heavy atom. The van der Waals surface area contributed by atoms with E-state index in [2.05, 4.69) is 140 Å². The average Bonchev–Trinajstić information content (AvgIpc) is 2.75. The second kappa shape index (κ2) is 12.0. The molecule has 4 nitrogen and oxygen atoms in total. The lowest BCUT2D eigenvalue weighted by Gasteiger charge is -2.46. The molecule has 0 spiro atoms. The van der Waals surface area contributed by atoms with E-state index in [0.717, 1.165) is 54.7 Å². The van der Waals surface area contributed by atoms with Crippen molar-refractivity contribution in [2.75, 3.05) is 6.54 Å². The Kier molecular flexibility index (Phi) is 9.90. The molecule has 1 heterocycles. The number of phenols is 2. The van der Waals surface area contributed by atoms with Gasteiger partial charge in [-0.05, 0) is 101 Å². The summed E-state index contributed by atoms with van der Waals surface area (Å²) in [5.74, 6) is 1.34. The first kappa shape index (κ1) is 36.4. The van der Waals surface area contributed by atoms with E-state index in [1.165, 1.54) is 11.1 Å². The van der Waals surface area contributed by atoms with Gasteiger partial charge in [0.05, 0.1) is 11.2 Å². The van der Waals surface area contributed by atoms with E-state index in [4.69, 9.17) is 4.74 Å². The number of hydrogen-bond donors (Lipinski definition) is 2. The highest BCUT2D eigenvalue weighted by molar-refractivity contribution is 5.51. The second-order valence-electron chi connectivity index (χ2n) is 19.1. The number of nitrogens with zero attached hydrogens (tertiary/aromatic N) is 1. The number of rotatable bonds is 6. The summed E-state index contributed by atoms with van der Waals surface area (Å²) >= 11 is 0. The van der Waals surface area contributed by atoms with E-state index >= 15 is 0 Å². The minimum absolute atomic E-state index is 0.174. The number of ether oxygens (including phenoxy) is 1. The van der Waals surface area contributed by atoms with Crippen LogP contribution in [0.4, 0.5) is 0 Å². The fourth-order valence-electron chi connectivity index (χ4n) is 7.35. The van der Waals surface area contributed by atoms with E-state index in [0.29, 0.717) is 17.4 Å². The molecule has 0 radical (unpaired) electrons. The lowest BCUT2D eigenvalue weighted by molar-refractivity contribution is -0.175. The maximum Gasteiger partial charge on any atom is 0.123 e. The molecule has 2 N–H and O–H groups in total. The van der Waals surface area contributed by atoms with Crippen LogP contribution in [0.5, 0.6) is 11.5 Å². The van der Waals surface area contributed by atoms with Gasteiger partial charge in [0.15, 0.2) is 0 Å². The SMILES string of the molecule is CC1(C)CC(CN(Cc2cc(C(C)(C)C)c(O)c(C(C)(C)C)c2)Cc2cc(C(C)(C)C)c(O)c(C(C)(C)C)c2)CC(C)(C)O1. The lowest BCUT2D eigenvalue weighted by Crippen LogP contribution is -2.47. The van der Waals surface area contributed by atoms with E-state index in [-0.39, 0.29) is 32.9 Å². The average molecular weight is 608 g/mol. The Morgan fingerprint density at radius 1 is 0.591 bits per heavy atom. The number of hydrogen-bond acceptors (Lipinski definition) is 4. The molecule has 0 bridgehead atoms. The molecule has 2 aromatic carbocycles. The van der Waals surface area contributed by atoms with Crippen molar-refractivity contribution >= 4 is 0 Å². The quantitative estimate of drug-likeness (QED) is 0.343. The first-order valence-electron chi connectivity index (χ1n) is 16.8. The summed E-state index contributed by atoms with van der Waals surface area (Å²) in [7, 11) is 0. The van der Waals surface area contributed by atoms with Gasteiger partial charge in [-0.25, -0.2) is 0 Å². The van der Waals surface area contributed by atoms with Crippen LogP contribution in [0.3, 0.4) is 0 Å². The molecule has 3 rings (SSSR count). The zero-order valence-electron chi connectivity index (χ0n) is 31.2. The van der Waals surface area contributed by atoms with Crippen LogP contribution >= 0.6 is 0 Å². The summed E-state index contributed by atoms with van der Waals surface area (Å²) in [6.07, 6.45) is 2.03. The fraction of sp³-hybridized carbons (Fsp3) is 0.700. The Balaban J connectivity index is 2.16. The fourth-order valence-corrected chi connectivity index (χ4v) is 7.35. The minimum Gasteiger partial charge on any atom is -0.507 e. The van der Waals surface area contributed by atoms with E-state index in [9.17, 15) is 10.2 Å². The maximum atomic E-state index is 11.4. The van der Waals surface area contributed by atoms with Gasteiger partial charge in [0.25, 0.3) is 0 Å². The van der Waals surface area contributed by atoms with Crippen molar-refractivity contribution in [3.63, 3.8) is 0 Å². The van der Waals surface area contributed by atoms with Crippen LogP contribution in [0, 0.1) is 5.92 Å². The Hall–Kier alpha value is -2.04. The van der Waals surface area contributed by atoms with Gasteiger partial charge in [-0.1, -0.05) is 107 Å². The summed E-state index contributed by atoms with van der Waals surface area (Å²) in [4.78, 5) is 2.60. The van der Waals surface area contributed by atoms with Crippen LogP contribution in [-0.2, 0) is 39.5 Å². The highest BCUT2D eigenvalue weighted by Crippen LogP contribution is 2.43. The van der Waals surface area contributed by atoms with E-state index in [1.807, 2.05) is 0 Å². The summed E-state index contributed by atoms with van der Waals surface area (Å²) in [5, 5.41) is 22.8. The van der Waals surface area contributed by atoms with Gasteiger partial charge in [0.2, 0.25) is 0 Å². The number of phenolic OH excluding ortho intramolecular Hbond substituents is 2.